The summed E-state index contributed by atoms with van der Waals surface area (Å²) in [5.41, 5.74) is -0.0434. The van der Waals surface area contributed by atoms with Gasteiger partial charge in [0.25, 0.3) is 0 Å². The zero-order valence-corrected chi connectivity index (χ0v) is 11.8. The van der Waals surface area contributed by atoms with E-state index in [4.69, 9.17) is 5.26 Å². The van der Waals surface area contributed by atoms with Gasteiger partial charge in [-0.3, -0.25) is 0 Å². The summed E-state index contributed by atoms with van der Waals surface area (Å²) in [6, 6.07) is 6.18. The monoisotopic (exact) mass is 266 g/mol. The molecule has 0 spiro atoms. The van der Waals surface area contributed by atoms with Crippen LogP contribution >= 0.6 is 0 Å². The van der Waals surface area contributed by atoms with Gasteiger partial charge >= 0.3 is 0 Å². The van der Waals surface area contributed by atoms with Crippen LogP contribution in [0.4, 0.5) is 8.78 Å². The zero-order valence-electron chi connectivity index (χ0n) is 11.8. The van der Waals surface area contributed by atoms with Crippen LogP contribution in [0, 0.1) is 28.4 Å². The van der Waals surface area contributed by atoms with Crippen molar-refractivity contribution in [3.63, 3.8) is 0 Å². The molecule has 0 unspecified atom stereocenters. The molecule has 19 heavy (non-hydrogen) atoms. The molecule has 0 atom stereocenters. The van der Waals surface area contributed by atoms with Gasteiger partial charge in [0.1, 0.15) is 0 Å². The quantitative estimate of drug-likeness (QED) is 0.886. The first kappa shape index (κ1) is 15.6. The Hall–Kier alpha value is -1.47. The lowest BCUT2D eigenvalue weighted by Gasteiger charge is -2.27. The van der Waals surface area contributed by atoms with Crippen LogP contribution in [0.15, 0.2) is 18.2 Å². The van der Waals surface area contributed by atoms with Gasteiger partial charge < -0.3 is 5.32 Å². The van der Waals surface area contributed by atoms with E-state index in [1.54, 1.807) is 6.07 Å². The van der Waals surface area contributed by atoms with Gasteiger partial charge in [0.15, 0.2) is 11.6 Å². The fourth-order valence-electron chi connectivity index (χ4n) is 1.75. The van der Waals surface area contributed by atoms with Crippen molar-refractivity contribution in [2.24, 2.45) is 5.41 Å². The van der Waals surface area contributed by atoms with E-state index >= 15 is 0 Å². The number of benzene rings is 1. The lowest BCUT2D eigenvalue weighted by molar-refractivity contribution is 0.395. The fourth-order valence-corrected chi connectivity index (χ4v) is 1.75. The topological polar surface area (TPSA) is 35.8 Å². The van der Waals surface area contributed by atoms with Gasteiger partial charge in [-0.2, -0.15) is 5.26 Å². The Balaban J connectivity index is 2.71. The molecule has 0 aliphatic heterocycles. The fraction of sp³-hybridized carbons (Fsp3) is 0.533. The van der Waals surface area contributed by atoms with Crippen LogP contribution in [0.25, 0.3) is 0 Å². The Labute approximate surface area is 113 Å². The summed E-state index contributed by atoms with van der Waals surface area (Å²) >= 11 is 0. The number of nitrogens with one attached hydrogen (secondary N) is 1. The Morgan fingerprint density at radius 3 is 2.26 bits per heavy atom. The lowest BCUT2D eigenvalue weighted by atomic mass is 9.84. The Kier molecular flexibility index (Phi) is 4.65. The average molecular weight is 266 g/mol. The van der Waals surface area contributed by atoms with E-state index < -0.39 is 17.0 Å². The van der Waals surface area contributed by atoms with E-state index in [0.29, 0.717) is 13.1 Å². The van der Waals surface area contributed by atoms with Crippen LogP contribution in [0.1, 0.15) is 33.3 Å². The molecule has 0 aromatic heterocycles. The van der Waals surface area contributed by atoms with Gasteiger partial charge in [0, 0.05) is 18.5 Å². The number of hydrogen-bond acceptors (Lipinski definition) is 2. The van der Waals surface area contributed by atoms with Gasteiger partial charge in [-0.1, -0.05) is 19.9 Å². The first-order valence-electron chi connectivity index (χ1n) is 6.25. The van der Waals surface area contributed by atoms with Crippen LogP contribution in [-0.2, 0) is 5.41 Å². The van der Waals surface area contributed by atoms with E-state index in [-0.39, 0.29) is 5.41 Å². The van der Waals surface area contributed by atoms with Crippen LogP contribution < -0.4 is 5.32 Å². The molecule has 104 valence electrons. The third kappa shape index (κ3) is 4.29. The van der Waals surface area contributed by atoms with Gasteiger partial charge in [-0.25, -0.2) is 8.78 Å². The highest BCUT2D eigenvalue weighted by Gasteiger charge is 2.23. The molecule has 4 heteroatoms. The van der Waals surface area contributed by atoms with Crippen molar-refractivity contribution in [1.82, 2.24) is 5.32 Å². The molecule has 1 N–H and O–H groups in total. The molecule has 2 nitrogen and oxygen atoms in total. The summed E-state index contributed by atoms with van der Waals surface area (Å²) in [5.74, 6) is -1.67. The molecular formula is C15H20F2N2. The van der Waals surface area contributed by atoms with Crippen LogP contribution in [0.5, 0.6) is 0 Å². The normalized spacial score (nSPS) is 12.3. The molecule has 0 saturated heterocycles. The highest BCUT2D eigenvalue weighted by atomic mass is 19.2. The van der Waals surface area contributed by atoms with E-state index in [2.05, 4.69) is 11.4 Å². The SMILES string of the molecule is CC(C)(C#N)CNCC(C)(C)c1ccc(F)c(F)c1. The minimum absolute atomic E-state index is 0.333. The van der Waals surface area contributed by atoms with Crippen LogP contribution in [-0.4, -0.2) is 13.1 Å². The second-order valence-electron chi connectivity index (χ2n) is 6.11. The first-order chi connectivity index (χ1) is 8.68. The minimum Gasteiger partial charge on any atom is -0.314 e. The van der Waals surface area contributed by atoms with Crippen LogP contribution in [0.3, 0.4) is 0 Å². The van der Waals surface area contributed by atoms with Crippen molar-refractivity contribution in [2.75, 3.05) is 13.1 Å². The molecule has 0 fully saturated rings. The highest BCUT2D eigenvalue weighted by molar-refractivity contribution is 5.25. The second kappa shape index (κ2) is 5.66. The van der Waals surface area contributed by atoms with Crippen molar-refractivity contribution in [2.45, 2.75) is 33.1 Å². The summed E-state index contributed by atoms with van der Waals surface area (Å²) in [6.07, 6.45) is 0. The Bertz CT molecular complexity index is 487. The molecule has 0 heterocycles. The molecule has 1 aromatic carbocycles. The average Bonchev–Trinajstić information content (AvgIpc) is 2.32. The maximum atomic E-state index is 13.2. The number of rotatable bonds is 5. The molecule has 1 aromatic rings. The first-order valence-corrected chi connectivity index (χ1v) is 6.25. The predicted molar refractivity (Wildman–Crippen MR) is 71.6 cm³/mol. The summed E-state index contributed by atoms with van der Waals surface area (Å²) in [7, 11) is 0. The predicted octanol–water partition coefficient (Wildman–Crippen LogP) is 3.38. The summed E-state index contributed by atoms with van der Waals surface area (Å²) in [4.78, 5) is 0. The van der Waals surface area contributed by atoms with Crippen molar-refractivity contribution in [3.05, 3.63) is 35.4 Å². The molecule has 1 rings (SSSR count). The maximum Gasteiger partial charge on any atom is 0.159 e. The summed E-state index contributed by atoms with van der Waals surface area (Å²) < 4.78 is 26.2. The number of nitrogens with zero attached hydrogens (tertiary/aromatic N) is 1. The standard InChI is InChI=1S/C15H20F2N2/c1-14(2,8-18)9-19-10-15(3,4)11-5-6-12(16)13(17)7-11/h5-7,19H,9-10H2,1-4H3. The minimum atomic E-state index is -0.835. The van der Waals surface area contributed by atoms with Gasteiger partial charge in [-0.05, 0) is 31.5 Å². The van der Waals surface area contributed by atoms with E-state index in [0.717, 1.165) is 11.6 Å². The number of hydrogen-bond donors (Lipinski definition) is 1. The van der Waals surface area contributed by atoms with Crippen molar-refractivity contribution in [1.29, 1.82) is 5.26 Å². The molecule has 0 bridgehead atoms. The largest absolute Gasteiger partial charge is 0.314 e. The van der Waals surface area contributed by atoms with E-state index in [1.165, 1.54) is 6.07 Å². The van der Waals surface area contributed by atoms with E-state index in [1.807, 2.05) is 27.7 Å². The Morgan fingerprint density at radius 2 is 1.74 bits per heavy atom. The van der Waals surface area contributed by atoms with Crippen molar-refractivity contribution in [3.8, 4) is 6.07 Å². The van der Waals surface area contributed by atoms with Gasteiger partial charge in [0.05, 0.1) is 11.5 Å². The molecular weight excluding hydrogens is 246 g/mol. The zero-order chi connectivity index (χ0) is 14.7. The lowest BCUT2D eigenvalue weighted by Crippen LogP contribution is -2.37. The third-order valence-electron chi connectivity index (χ3n) is 3.14. The molecule has 0 aliphatic carbocycles. The van der Waals surface area contributed by atoms with Crippen LogP contribution in [0.2, 0.25) is 0 Å². The third-order valence-corrected chi connectivity index (χ3v) is 3.14. The molecule has 0 saturated carbocycles. The number of nitriles is 1. The van der Waals surface area contributed by atoms with Gasteiger partial charge in [0.2, 0.25) is 0 Å². The molecule has 0 aliphatic rings. The summed E-state index contributed by atoms with van der Waals surface area (Å²) in [5, 5.41) is 12.1. The van der Waals surface area contributed by atoms with Crippen molar-refractivity contribution < 1.29 is 8.78 Å². The van der Waals surface area contributed by atoms with Crippen molar-refractivity contribution >= 4 is 0 Å². The maximum absolute atomic E-state index is 13.2. The summed E-state index contributed by atoms with van der Waals surface area (Å²) in [6.45, 7) is 8.74. The number of halogens is 2. The molecule has 0 radical (unpaired) electrons. The van der Waals surface area contributed by atoms with Gasteiger partial charge in [-0.15, -0.1) is 0 Å². The smallest absolute Gasteiger partial charge is 0.159 e. The Morgan fingerprint density at radius 1 is 1.11 bits per heavy atom. The molecule has 0 amide bonds. The highest BCUT2D eigenvalue weighted by Crippen LogP contribution is 2.24. The second-order valence-corrected chi connectivity index (χ2v) is 6.11. The van der Waals surface area contributed by atoms with E-state index in [9.17, 15) is 8.78 Å².